The van der Waals surface area contributed by atoms with Crippen molar-refractivity contribution < 1.29 is 14.6 Å². The molecule has 2 heterocycles. The van der Waals surface area contributed by atoms with Crippen LogP contribution in [0.5, 0.6) is 5.88 Å². The molecule has 1 unspecified atom stereocenters. The number of thiazole rings is 1. The highest BCUT2D eigenvalue weighted by molar-refractivity contribution is 7.10. The summed E-state index contributed by atoms with van der Waals surface area (Å²) in [6.45, 7) is 0.452. The summed E-state index contributed by atoms with van der Waals surface area (Å²) < 4.78 is 5.18. The first-order valence-corrected chi connectivity index (χ1v) is 4.46. The number of fused-ring (bicyclic) bond motifs is 1. The number of ether oxygens (including phenoxy) is 1. The summed E-state index contributed by atoms with van der Waals surface area (Å²) in [6.07, 6.45) is 0.546. The highest BCUT2D eigenvalue weighted by atomic mass is 32.1. The van der Waals surface area contributed by atoms with Crippen LogP contribution >= 0.6 is 11.3 Å². The molecule has 1 aliphatic rings. The summed E-state index contributed by atoms with van der Waals surface area (Å²) in [5, 5.41) is 8.83. The Morgan fingerprint density at radius 3 is 3.42 bits per heavy atom. The first-order valence-electron chi connectivity index (χ1n) is 3.58. The molecule has 64 valence electrons. The molecule has 4 nitrogen and oxygen atoms in total. The number of hydrogen-bond donors (Lipinski definition) is 1. The minimum atomic E-state index is -0.788. The largest absolute Gasteiger partial charge is 0.481 e. The van der Waals surface area contributed by atoms with E-state index in [0.29, 0.717) is 18.9 Å². The Hall–Kier alpha value is -1.10. The summed E-state index contributed by atoms with van der Waals surface area (Å²) >= 11 is 1.34. The van der Waals surface area contributed by atoms with Gasteiger partial charge in [0.2, 0.25) is 5.88 Å². The fraction of sp³-hybridized carbons (Fsp3) is 0.429. The van der Waals surface area contributed by atoms with E-state index in [1.54, 1.807) is 5.51 Å². The van der Waals surface area contributed by atoms with Crippen LogP contribution in [-0.2, 0) is 4.79 Å². The number of nitrogens with zero attached hydrogens (tertiary/aromatic N) is 1. The Morgan fingerprint density at radius 1 is 1.83 bits per heavy atom. The Balaban J connectivity index is 2.37. The summed E-state index contributed by atoms with van der Waals surface area (Å²) in [7, 11) is 0. The van der Waals surface area contributed by atoms with Gasteiger partial charge in [-0.2, -0.15) is 0 Å². The maximum atomic E-state index is 10.7. The van der Waals surface area contributed by atoms with Crippen molar-refractivity contribution in [1.29, 1.82) is 0 Å². The van der Waals surface area contributed by atoms with E-state index >= 15 is 0 Å². The number of aromatic nitrogens is 1. The number of carbonyl (C=O) groups is 1. The zero-order chi connectivity index (χ0) is 8.55. The van der Waals surface area contributed by atoms with Crippen molar-refractivity contribution in [3.8, 4) is 5.88 Å². The SMILES string of the molecule is O=C(O)C1CCOc2ncsc21. The van der Waals surface area contributed by atoms with Crippen molar-refractivity contribution in [3.05, 3.63) is 10.4 Å². The van der Waals surface area contributed by atoms with E-state index in [4.69, 9.17) is 9.84 Å². The molecule has 1 N–H and O–H groups in total. The molecule has 1 aromatic rings. The summed E-state index contributed by atoms with van der Waals surface area (Å²) in [6, 6.07) is 0. The molecular formula is C7H7NO3S. The van der Waals surface area contributed by atoms with Gasteiger partial charge in [-0.25, -0.2) is 4.98 Å². The molecule has 0 aliphatic carbocycles. The lowest BCUT2D eigenvalue weighted by Gasteiger charge is -2.17. The molecule has 0 bridgehead atoms. The lowest BCUT2D eigenvalue weighted by Crippen LogP contribution is -2.19. The van der Waals surface area contributed by atoms with Gasteiger partial charge < -0.3 is 9.84 Å². The smallest absolute Gasteiger partial charge is 0.312 e. The number of rotatable bonds is 1. The van der Waals surface area contributed by atoms with Crippen LogP contribution in [0.25, 0.3) is 0 Å². The van der Waals surface area contributed by atoms with E-state index in [0.717, 1.165) is 4.88 Å². The van der Waals surface area contributed by atoms with Crippen LogP contribution in [-0.4, -0.2) is 22.7 Å². The minimum Gasteiger partial charge on any atom is -0.481 e. The van der Waals surface area contributed by atoms with Gasteiger partial charge in [0.15, 0.2) is 0 Å². The predicted octanol–water partition coefficient (Wildman–Crippen LogP) is 1.09. The fourth-order valence-corrected chi connectivity index (χ4v) is 2.08. The first-order chi connectivity index (χ1) is 5.79. The Morgan fingerprint density at radius 2 is 2.67 bits per heavy atom. The standard InChI is InChI=1S/C7H7NO3S/c9-7(10)4-1-2-11-6-5(4)12-3-8-6/h3-4H,1-2H2,(H,9,10). The van der Waals surface area contributed by atoms with Gasteiger partial charge in [-0.3, -0.25) is 4.79 Å². The van der Waals surface area contributed by atoms with E-state index in [-0.39, 0.29) is 0 Å². The van der Waals surface area contributed by atoms with Crippen LogP contribution in [0.1, 0.15) is 17.2 Å². The molecule has 0 amide bonds. The average molecular weight is 185 g/mol. The van der Waals surface area contributed by atoms with Gasteiger partial charge in [0.1, 0.15) is 0 Å². The third kappa shape index (κ3) is 1.06. The maximum absolute atomic E-state index is 10.7. The third-order valence-electron chi connectivity index (χ3n) is 1.82. The molecule has 12 heavy (non-hydrogen) atoms. The van der Waals surface area contributed by atoms with E-state index < -0.39 is 11.9 Å². The lowest BCUT2D eigenvalue weighted by molar-refractivity contribution is -0.139. The minimum absolute atomic E-state index is 0.416. The van der Waals surface area contributed by atoms with E-state index in [9.17, 15) is 4.79 Å². The van der Waals surface area contributed by atoms with Crippen LogP contribution < -0.4 is 4.74 Å². The Labute approximate surface area is 72.8 Å². The van der Waals surface area contributed by atoms with Crippen molar-refractivity contribution in [3.63, 3.8) is 0 Å². The average Bonchev–Trinajstić information content (AvgIpc) is 2.49. The van der Waals surface area contributed by atoms with E-state index in [1.807, 2.05) is 0 Å². The molecule has 0 radical (unpaired) electrons. The molecule has 0 fully saturated rings. The normalized spacial score (nSPS) is 21.2. The van der Waals surface area contributed by atoms with Crippen LogP contribution in [0.4, 0.5) is 0 Å². The highest BCUT2D eigenvalue weighted by Gasteiger charge is 2.29. The Bertz CT molecular complexity index is 309. The molecule has 0 saturated carbocycles. The van der Waals surface area contributed by atoms with Crippen LogP contribution in [0.15, 0.2) is 5.51 Å². The van der Waals surface area contributed by atoms with Gasteiger partial charge >= 0.3 is 5.97 Å². The van der Waals surface area contributed by atoms with Gasteiger partial charge in [0.05, 0.1) is 22.9 Å². The molecule has 0 spiro atoms. The van der Waals surface area contributed by atoms with E-state index in [1.165, 1.54) is 11.3 Å². The summed E-state index contributed by atoms with van der Waals surface area (Å²) in [5.74, 6) is -0.705. The third-order valence-corrected chi connectivity index (χ3v) is 2.74. The summed E-state index contributed by atoms with van der Waals surface area (Å²) in [4.78, 5) is 15.4. The summed E-state index contributed by atoms with van der Waals surface area (Å²) in [5.41, 5.74) is 1.62. The van der Waals surface area contributed by atoms with Crippen molar-refractivity contribution in [2.75, 3.05) is 6.61 Å². The highest BCUT2D eigenvalue weighted by Crippen LogP contribution is 2.35. The zero-order valence-electron chi connectivity index (χ0n) is 6.19. The van der Waals surface area contributed by atoms with E-state index in [2.05, 4.69) is 4.98 Å². The van der Waals surface area contributed by atoms with Gasteiger partial charge in [-0.1, -0.05) is 0 Å². The van der Waals surface area contributed by atoms with Gasteiger partial charge in [0.25, 0.3) is 0 Å². The molecular weight excluding hydrogens is 178 g/mol. The van der Waals surface area contributed by atoms with Crippen LogP contribution in [0, 0.1) is 0 Å². The second-order valence-corrected chi connectivity index (χ2v) is 3.44. The predicted molar refractivity (Wildman–Crippen MR) is 42.6 cm³/mol. The van der Waals surface area contributed by atoms with Crippen LogP contribution in [0.3, 0.4) is 0 Å². The van der Waals surface area contributed by atoms with Crippen molar-refractivity contribution in [2.45, 2.75) is 12.3 Å². The zero-order valence-corrected chi connectivity index (χ0v) is 7.00. The number of carboxylic acid groups (broad SMARTS) is 1. The molecule has 5 heteroatoms. The second kappa shape index (κ2) is 2.75. The Kier molecular flexibility index (Phi) is 1.73. The number of aliphatic carboxylic acids is 1. The number of hydrogen-bond acceptors (Lipinski definition) is 4. The first kappa shape index (κ1) is 7.54. The van der Waals surface area contributed by atoms with Crippen molar-refractivity contribution >= 4 is 17.3 Å². The molecule has 0 aromatic carbocycles. The van der Waals surface area contributed by atoms with Gasteiger partial charge in [-0.05, 0) is 6.42 Å². The molecule has 1 aromatic heterocycles. The molecule has 2 rings (SSSR count). The second-order valence-electron chi connectivity index (χ2n) is 2.55. The number of carboxylic acids is 1. The lowest BCUT2D eigenvalue weighted by atomic mass is 10.0. The van der Waals surface area contributed by atoms with Gasteiger partial charge in [-0.15, -0.1) is 11.3 Å². The van der Waals surface area contributed by atoms with Gasteiger partial charge in [0, 0.05) is 0 Å². The fourth-order valence-electron chi connectivity index (χ4n) is 1.22. The topological polar surface area (TPSA) is 59.4 Å². The van der Waals surface area contributed by atoms with Crippen molar-refractivity contribution in [1.82, 2.24) is 4.98 Å². The molecule has 1 atom stereocenters. The molecule has 1 aliphatic heterocycles. The molecule has 0 saturated heterocycles. The van der Waals surface area contributed by atoms with Crippen LogP contribution in [0.2, 0.25) is 0 Å². The maximum Gasteiger partial charge on any atom is 0.312 e. The van der Waals surface area contributed by atoms with Crippen molar-refractivity contribution in [2.24, 2.45) is 0 Å². The monoisotopic (exact) mass is 185 g/mol. The quantitative estimate of drug-likeness (QED) is 0.711.